The van der Waals surface area contributed by atoms with E-state index in [1.807, 2.05) is 0 Å². The summed E-state index contributed by atoms with van der Waals surface area (Å²) in [5.41, 5.74) is 8.71. The van der Waals surface area contributed by atoms with Gasteiger partial charge in [-0.05, 0) is 13.0 Å². The Balaban J connectivity index is 2.28. The van der Waals surface area contributed by atoms with Gasteiger partial charge in [0.15, 0.2) is 0 Å². The molecule has 0 fully saturated rings. The van der Waals surface area contributed by atoms with Gasteiger partial charge in [-0.1, -0.05) is 0 Å². The highest BCUT2D eigenvalue weighted by Crippen LogP contribution is 2.44. The summed E-state index contributed by atoms with van der Waals surface area (Å²) in [7, 11) is 0. The zero-order valence-corrected chi connectivity index (χ0v) is 9.99. The van der Waals surface area contributed by atoms with Crippen molar-refractivity contribution in [3.8, 4) is 11.5 Å². The molecule has 0 saturated carbocycles. The summed E-state index contributed by atoms with van der Waals surface area (Å²) in [6.45, 7) is 1.60. The number of nitrogens with two attached hydrogens (primary N) is 1. The highest BCUT2D eigenvalue weighted by Gasteiger charge is 2.33. The largest absolute Gasteiger partial charge is 0.493 e. The quantitative estimate of drug-likeness (QED) is 0.826. The van der Waals surface area contributed by atoms with E-state index in [4.69, 9.17) is 15.2 Å². The number of hydrogen-bond donors (Lipinski definition) is 2. The lowest BCUT2D eigenvalue weighted by Gasteiger charge is -2.15. The fourth-order valence-corrected chi connectivity index (χ4v) is 2.84. The van der Waals surface area contributed by atoms with Gasteiger partial charge in [0.2, 0.25) is 0 Å². The van der Waals surface area contributed by atoms with Crippen molar-refractivity contribution in [2.75, 3.05) is 19.8 Å². The molecular weight excluding hydrogens is 234 g/mol. The predicted molar refractivity (Wildman–Crippen MR) is 64.6 cm³/mol. The van der Waals surface area contributed by atoms with Crippen LogP contribution in [0.15, 0.2) is 0 Å². The van der Waals surface area contributed by atoms with Gasteiger partial charge in [0.05, 0.1) is 13.2 Å². The molecule has 5 heteroatoms. The van der Waals surface area contributed by atoms with E-state index in [0.717, 1.165) is 28.9 Å². The van der Waals surface area contributed by atoms with Gasteiger partial charge in [-0.15, -0.1) is 0 Å². The monoisotopic (exact) mass is 249 g/mol. The molecule has 2 heterocycles. The van der Waals surface area contributed by atoms with E-state index in [1.54, 1.807) is 0 Å². The zero-order chi connectivity index (χ0) is 12.7. The third kappa shape index (κ3) is 1.47. The van der Waals surface area contributed by atoms with E-state index in [-0.39, 0.29) is 5.56 Å². The number of fused-ring (bicyclic) bond motifs is 2. The molecule has 0 spiro atoms. The van der Waals surface area contributed by atoms with Crippen LogP contribution in [0.1, 0.15) is 27.0 Å². The van der Waals surface area contributed by atoms with Crippen LogP contribution in [0, 0.1) is 0 Å². The molecular formula is C13H15NO4. The average molecular weight is 249 g/mol. The topological polar surface area (TPSA) is 81.8 Å². The second-order valence-electron chi connectivity index (χ2n) is 4.51. The Bertz CT molecular complexity index is 489. The minimum Gasteiger partial charge on any atom is -0.493 e. The summed E-state index contributed by atoms with van der Waals surface area (Å²) < 4.78 is 11.1. The molecule has 96 valence electrons. The fourth-order valence-electron chi connectivity index (χ4n) is 2.84. The first-order chi connectivity index (χ1) is 8.74. The first-order valence-electron chi connectivity index (χ1n) is 6.13. The molecule has 0 radical (unpaired) electrons. The number of benzene rings is 1. The van der Waals surface area contributed by atoms with Crippen molar-refractivity contribution in [2.45, 2.75) is 19.3 Å². The van der Waals surface area contributed by atoms with E-state index in [1.165, 1.54) is 0 Å². The number of carbonyl (C=O) groups is 1. The maximum absolute atomic E-state index is 11.4. The highest BCUT2D eigenvalue weighted by atomic mass is 16.5. The molecule has 2 aliphatic rings. The van der Waals surface area contributed by atoms with Gasteiger partial charge in [0.1, 0.15) is 17.1 Å². The Morgan fingerprint density at radius 2 is 1.83 bits per heavy atom. The number of aromatic carboxylic acids is 1. The molecule has 3 N–H and O–H groups in total. The standard InChI is InChI=1S/C13H15NO4/c14-4-1-7-8-2-5-18-12(8)10(13(15)16)9-3-6-17-11(7)9/h1-6,14H2,(H,15,16). The maximum atomic E-state index is 11.4. The van der Waals surface area contributed by atoms with Gasteiger partial charge in [0, 0.05) is 29.5 Å². The van der Waals surface area contributed by atoms with E-state index in [9.17, 15) is 9.90 Å². The second kappa shape index (κ2) is 4.17. The maximum Gasteiger partial charge on any atom is 0.339 e. The van der Waals surface area contributed by atoms with Gasteiger partial charge in [-0.2, -0.15) is 0 Å². The van der Waals surface area contributed by atoms with Crippen LogP contribution in [0.25, 0.3) is 0 Å². The van der Waals surface area contributed by atoms with E-state index < -0.39 is 5.97 Å². The molecule has 0 bridgehead atoms. The van der Waals surface area contributed by atoms with Crippen LogP contribution < -0.4 is 15.2 Å². The molecule has 2 aliphatic heterocycles. The third-order valence-corrected chi connectivity index (χ3v) is 3.52. The predicted octanol–water partition coefficient (Wildman–Crippen LogP) is 0.756. The first-order valence-corrected chi connectivity index (χ1v) is 6.13. The Kier molecular flexibility index (Phi) is 2.63. The minimum atomic E-state index is -0.936. The molecule has 5 nitrogen and oxygen atoms in total. The van der Waals surface area contributed by atoms with Crippen LogP contribution in [0.5, 0.6) is 11.5 Å². The van der Waals surface area contributed by atoms with Gasteiger partial charge in [0.25, 0.3) is 0 Å². The minimum absolute atomic E-state index is 0.288. The Morgan fingerprint density at radius 1 is 1.17 bits per heavy atom. The number of ether oxygens (including phenoxy) is 2. The van der Waals surface area contributed by atoms with Crippen LogP contribution in [-0.4, -0.2) is 30.8 Å². The van der Waals surface area contributed by atoms with Crippen molar-refractivity contribution >= 4 is 5.97 Å². The first kappa shape index (κ1) is 11.3. The lowest BCUT2D eigenvalue weighted by atomic mass is 9.92. The van der Waals surface area contributed by atoms with Crippen molar-refractivity contribution in [1.82, 2.24) is 0 Å². The van der Waals surface area contributed by atoms with Crippen LogP contribution >= 0.6 is 0 Å². The smallest absolute Gasteiger partial charge is 0.339 e. The van der Waals surface area contributed by atoms with Crippen LogP contribution in [0.4, 0.5) is 0 Å². The van der Waals surface area contributed by atoms with Gasteiger partial charge >= 0.3 is 5.97 Å². The molecule has 0 unspecified atom stereocenters. The summed E-state index contributed by atoms with van der Waals surface area (Å²) in [4.78, 5) is 11.4. The van der Waals surface area contributed by atoms with E-state index in [2.05, 4.69) is 0 Å². The molecule has 0 aliphatic carbocycles. The van der Waals surface area contributed by atoms with E-state index >= 15 is 0 Å². The number of hydrogen-bond acceptors (Lipinski definition) is 4. The molecule has 0 aromatic heterocycles. The highest BCUT2D eigenvalue weighted by molar-refractivity contribution is 5.95. The molecule has 18 heavy (non-hydrogen) atoms. The molecule has 0 amide bonds. The van der Waals surface area contributed by atoms with Crippen molar-refractivity contribution < 1.29 is 19.4 Å². The third-order valence-electron chi connectivity index (χ3n) is 3.52. The molecule has 0 atom stereocenters. The summed E-state index contributed by atoms with van der Waals surface area (Å²) in [5.74, 6) is 0.339. The van der Waals surface area contributed by atoms with Crippen molar-refractivity contribution in [2.24, 2.45) is 5.73 Å². The van der Waals surface area contributed by atoms with Gasteiger partial charge < -0.3 is 20.3 Å². The van der Waals surface area contributed by atoms with Crippen molar-refractivity contribution in [3.05, 3.63) is 22.3 Å². The normalized spacial score (nSPS) is 15.8. The Morgan fingerprint density at radius 3 is 2.50 bits per heavy atom. The van der Waals surface area contributed by atoms with Crippen molar-refractivity contribution in [1.29, 1.82) is 0 Å². The lowest BCUT2D eigenvalue weighted by Crippen LogP contribution is -2.09. The summed E-state index contributed by atoms with van der Waals surface area (Å²) in [6.07, 6.45) is 2.07. The molecule has 1 aromatic rings. The molecule has 0 saturated heterocycles. The van der Waals surface area contributed by atoms with Crippen LogP contribution in [0.3, 0.4) is 0 Å². The zero-order valence-electron chi connectivity index (χ0n) is 9.99. The number of carboxylic acid groups (broad SMARTS) is 1. The number of rotatable bonds is 3. The van der Waals surface area contributed by atoms with Crippen LogP contribution in [-0.2, 0) is 19.3 Å². The molecule has 1 aromatic carbocycles. The SMILES string of the molecule is NCCc1c2c(c(C(=O)O)c3c1OCC3)OCC2. The number of carboxylic acids is 1. The fraction of sp³-hybridized carbons (Fsp3) is 0.462. The van der Waals surface area contributed by atoms with Gasteiger partial charge in [-0.25, -0.2) is 4.79 Å². The average Bonchev–Trinajstić information content (AvgIpc) is 2.96. The molecule has 3 rings (SSSR count). The van der Waals surface area contributed by atoms with Gasteiger partial charge in [-0.3, -0.25) is 0 Å². The van der Waals surface area contributed by atoms with E-state index in [0.29, 0.717) is 38.3 Å². The Hall–Kier alpha value is -1.75. The summed E-state index contributed by atoms with van der Waals surface area (Å²) in [5, 5.41) is 9.37. The second-order valence-corrected chi connectivity index (χ2v) is 4.51. The lowest BCUT2D eigenvalue weighted by molar-refractivity contribution is 0.0692. The van der Waals surface area contributed by atoms with Crippen molar-refractivity contribution in [3.63, 3.8) is 0 Å². The Labute approximate surface area is 104 Å². The summed E-state index contributed by atoms with van der Waals surface area (Å²) in [6, 6.07) is 0. The summed E-state index contributed by atoms with van der Waals surface area (Å²) >= 11 is 0. The van der Waals surface area contributed by atoms with Crippen LogP contribution in [0.2, 0.25) is 0 Å².